The zero-order valence-electron chi connectivity index (χ0n) is 14.8. The van der Waals surface area contributed by atoms with Crippen LogP contribution in [0.2, 0.25) is 0 Å². The zero-order valence-corrected chi connectivity index (χ0v) is 14.8. The maximum Gasteiger partial charge on any atom is 0.228 e. The van der Waals surface area contributed by atoms with Gasteiger partial charge in [-0.1, -0.05) is 48.5 Å². The summed E-state index contributed by atoms with van der Waals surface area (Å²) in [5.41, 5.74) is 1.97. The van der Waals surface area contributed by atoms with Crippen LogP contribution in [-0.2, 0) is 16.1 Å². The minimum absolute atomic E-state index is 0.0213. The summed E-state index contributed by atoms with van der Waals surface area (Å²) in [4.78, 5) is 29.1. The molecule has 0 aromatic heterocycles. The molecule has 2 aromatic carbocycles. The van der Waals surface area contributed by atoms with Gasteiger partial charge in [0.15, 0.2) is 0 Å². The van der Waals surface area contributed by atoms with E-state index in [1.54, 1.807) is 4.90 Å². The normalized spacial score (nSPS) is 17.2. The average Bonchev–Trinajstić information content (AvgIpc) is 3.02. The minimum atomic E-state index is -0.279. The second-order valence-electron chi connectivity index (χ2n) is 6.79. The van der Waals surface area contributed by atoms with E-state index in [2.05, 4.69) is 0 Å². The SMILES string of the molecule is CC(C)N(Cc1ccccc1)C(=O)C1CC(=O)N(c2ccccc2)C1. The maximum absolute atomic E-state index is 13.1. The van der Waals surface area contributed by atoms with Crippen molar-refractivity contribution in [3.63, 3.8) is 0 Å². The number of nitrogens with zero attached hydrogens (tertiary/aromatic N) is 2. The lowest BCUT2D eigenvalue weighted by molar-refractivity contribution is -0.138. The highest BCUT2D eigenvalue weighted by atomic mass is 16.2. The van der Waals surface area contributed by atoms with Crippen molar-refractivity contribution in [1.82, 2.24) is 4.90 Å². The van der Waals surface area contributed by atoms with Crippen LogP contribution in [0.5, 0.6) is 0 Å². The lowest BCUT2D eigenvalue weighted by Crippen LogP contribution is -2.41. The molecule has 1 aliphatic rings. The smallest absolute Gasteiger partial charge is 0.228 e. The second kappa shape index (κ2) is 7.51. The van der Waals surface area contributed by atoms with Crippen LogP contribution in [0.3, 0.4) is 0 Å². The standard InChI is InChI=1S/C21H24N2O2/c1-16(2)22(14-17-9-5-3-6-10-17)21(25)18-13-20(24)23(15-18)19-11-7-4-8-12-19/h3-12,16,18H,13-15H2,1-2H3. The second-order valence-corrected chi connectivity index (χ2v) is 6.79. The van der Waals surface area contributed by atoms with Crippen LogP contribution >= 0.6 is 0 Å². The van der Waals surface area contributed by atoms with Crippen LogP contribution in [0, 0.1) is 5.92 Å². The van der Waals surface area contributed by atoms with Crippen molar-refractivity contribution in [3.8, 4) is 0 Å². The molecule has 0 spiro atoms. The summed E-state index contributed by atoms with van der Waals surface area (Å²) < 4.78 is 0. The molecule has 1 aliphatic heterocycles. The van der Waals surface area contributed by atoms with Gasteiger partial charge in [-0.3, -0.25) is 9.59 Å². The highest BCUT2D eigenvalue weighted by Crippen LogP contribution is 2.27. The van der Waals surface area contributed by atoms with E-state index in [0.717, 1.165) is 11.3 Å². The Labute approximate surface area is 149 Å². The van der Waals surface area contributed by atoms with E-state index in [9.17, 15) is 9.59 Å². The highest BCUT2D eigenvalue weighted by molar-refractivity contribution is 6.00. The Balaban J connectivity index is 1.73. The number of hydrogen-bond acceptors (Lipinski definition) is 2. The third-order valence-corrected chi connectivity index (χ3v) is 4.64. The third kappa shape index (κ3) is 3.90. The molecule has 0 radical (unpaired) electrons. The highest BCUT2D eigenvalue weighted by Gasteiger charge is 2.37. The van der Waals surface area contributed by atoms with Crippen LogP contribution < -0.4 is 4.90 Å². The lowest BCUT2D eigenvalue weighted by Gasteiger charge is -2.29. The molecule has 2 aromatic rings. The topological polar surface area (TPSA) is 40.6 Å². The van der Waals surface area contributed by atoms with Crippen LogP contribution in [-0.4, -0.2) is 29.3 Å². The number of anilines is 1. The number of carbonyl (C=O) groups is 2. The van der Waals surface area contributed by atoms with Gasteiger partial charge in [0.25, 0.3) is 0 Å². The number of amides is 2. The fraction of sp³-hybridized carbons (Fsp3) is 0.333. The summed E-state index contributed by atoms with van der Waals surface area (Å²) in [7, 11) is 0. The van der Waals surface area contributed by atoms with Crippen molar-refractivity contribution in [1.29, 1.82) is 0 Å². The lowest BCUT2D eigenvalue weighted by atomic mass is 10.1. The van der Waals surface area contributed by atoms with E-state index in [1.807, 2.05) is 79.4 Å². The summed E-state index contributed by atoms with van der Waals surface area (Å²) in [6, 6.07) is 19.6. The molecule has 1 fully saturated rings. The first kappa shape index (κ1) is 17.2. The van der Waals surface area contributed by atoms with Gasteiger partial charge in [0.2, 0.25) is 11.8 Å². The summed E-state index contributed by atoms with van der Waals surface area (Å²) >= 11 is 0. The Morgan fingerprint density at radius 1 is 1.08 bits per heavy atom. The molecule has 4 heteroatoms. The molecule has 1 atom stereocenters. The van der Waals surface area contributed by atoms with Gasteiger partial charge in [-0.25, -0.2) is 0 Å². The molecule has 0 aliphatic carbocycles. The fourth-order valence-electron chi connectivity index (χ4n) is 3.26. The molecular weight excluding hydrogens is 312 g/mol. The molecule has 1 unspecified atom stereocenters. The molecule has 130 valence electrons. The molecule has 0 saturated carbocycles. The number of benzene rings is 2. The summed E-state index contributed by atoms with van der Waals surface area (Å²) in [6.07, 6.45) is 0.283. The Morgan fingerprint density at radius 3 is 2.28 bits per heavy atom. The van der Waals surface area contributed by atoms with Gasteiger partial charge in [-0.05, 0) is 31.5 Å². The van der Waals surface area contributed by atoms with Gasteiger partial charge in [0.05, 0.1) is 5.92 Å². The largest absolute Gasteiger partial charge is 0.336 e. The Bertz CT molecular complexity index is 728. The van der Waals surface area contributed by atoms with Gasteiger partial charge in [0, 0.05) is 31.2 Å². The molecule has 25 heavy (non-hydrogen) atoms. The van der Waals surface area contributed by atoms with E-state index >= 15 is 0 Å². The number of para-hydroxylation sites is 1. The first-order valence-electron chi connectivity index (χ1n) is 8.76. The van der Waals surface area contributed by atoms with Gasteiger partial charge < -0.3 is 9.80 Å². The van der Waals surface area contributed by atoms with Crippen molar-refractivity contribution in [2.45, 2.75) is 32.9 Å². The predicted molar refractivity (Wildman–Crippen MR) is 99.0 cm³/mol. The van der Waals surface area contributed by atoms with Gasteiger partial charge in [-0.15, -0.1) is 0 Å². The number of hydrogen-bond donors (Lipinski definition) is 0. The van der Waals surface area contributed by atoms with Crippen molar-refractivity contribution < 1.29 is 9.59 Å². The van der Waals surface area contributed by atoms with Crippen molar-refractivity contribution in [2.75, 3.05) is 11.4 Å². The van der Waals surface area contributed by atoms with E-state index in [4.69, 9.17) is 0 Å². The quantitative estimate of drug-likeness (QED) is 0.839. The monoisotopic (exact) mass is 336 g/mol. The zero-order chi connectivity index (χ0) is 17.8. The van der Waals surface area contributed by atoms with Gasteiger partial charge in [-0.2, -0.15) is 0 Å². The molecule has 3 rings (SSSR count). The van der Waals surface area contributed by atoms with Crippen LogP contribution in [0.1, 0.15) is 25.8 Å². The van der Waals surface area contributed by atoms with E-state index in [1.165, 1.54) is 0 Å². The molecule has 0 N–H and O–H groups in total. The Kier molecular flexibility index (Phi) is 5.17. The average molecular weight is 336 g/mol. The fourth-order valence-corrected chi connectivity index (χ4v) is 3.26. The van der Waals surface area contributed by atoms with Crippen molar-refractivity contribution in [3.05, 3.63) is 66.2 Å². The van der Waals surface area contributed by atoms with Crippen LogP contribution in [0.25, 0.3) is 0 Å². The van der Waals surface area contributed by atoms with Crippen LogP contribution in [0.4, 0.5) is 5.69 Å². The summed E-state index contributed by atoms with van der Waals surface area (Å²) in [5, 5.41) is 0. The van der Waals surface area contributed by atoms with E-state index < -0.39 is 0 Å². The summed E-state index contributed by atoms with van der Waals surface area (Å²) in [6.45, 7) is 5.08. The molecule has 1 saturated heterocycles. The molecule has 1 heterocycles. The molecule has 2 amide bonds. The summed E-state index contributed by atoms with van der Waals surface area (Å²) in [5.74, 6) is -0.197. The minimum Gasteiger partial charge on any atom is -0.336 e. The third-order valence-electron chi connectivity index (χ3n) is 4.64. The van der Waals surface area contributed by atoms with E-state index in [-0.39, 0.29) is 30.2 Å². The molecule has 4 nitrogen and oxygen atoms in total. The Morgan fingerprint density at radius 2 is 1.68 bits per heavy atom. The number of carbonyl (C=O) groups excluding carboxylic acids is 2. The van der Waals surface area contributed by atoms with Gasteiger partial charge in [0.1, 0.15) is 0 Å². The van der Waals surface area contributed by atoms with Crippen LogP contribution in [0.15, 0.2) is 60.7 Å². The van der Waals surface area contributed by atoms with Gasteiger partial charge >= 0.3 is 0 Å². The number of rotatable bonds is 5. The maximum atomic E-state index is 13.1. The molecular formula is C21H24N2O2. The first-order valence-corrected chi connectivity index (χ1v) is 8.76. The van der Waals surface area contributed by atoms with Crippen molar-refractivity contribution in [2.24, 2.45) is 5.92 Å². The molecule has 0 bridgehead atoms. The predicted octanol–water partition coefficient (Wildman–Crippen LogP) is 3.48. The van der Waals surface area contributed by atoms with Crippen molar-refractivity contribution >= 4 is 17.5 Å². The van der Waals surface area contributed by atoms with E-state index in [0.29, 0.717) is 13.1 Å². The Hall–Kier alpha value is -2.62. The first-order chi connectivity index (χ1) is 12.1.